The minimum Gasteiger partial charge on any atom is -0.476 e. The van der Waals surface area contributed by atoms with Crippen LogP contribution in [-0.4, -0.2) is 41.4 Å². The summed E-state index contributed by atoms with van der Waals surface area (Å²) < 4.78 is 10.4. The molecule has 2 amide bonds. The van der Waals surface area contributed by atoms with Crippen LogP contribution in [0.15, 0.2) is 59.1 Å². The Balaban J connectivity index is 1.06. The third kappa shape index (κ3) is 4.36. The van der Waals surface area contributed by atoms with Crippen LogP contribution in [0, 0.1) is 11.8 Å². The Hall–Kier alpha value is -4.14. The second-order valence-corrected chi connectivity index (χ2v) is 8.51. The van der Waals surface area contributed by atoms with E-state index in [1.807, 2.05) is 24.3 Å². The van der Waals surface area contributed by atoms with E-state index < -0.39 is 12.1 Å². The molecule has 3 N–H and O–H groups in total. The van der Waals surface area contributed by atoms with Crippen molar-refractivity contribution in [1.82, 2.24) is 15.8 Å². The molecule has 2 aromatic carbocycles. The topological polar surface area (TPSA) is 131 Å². The number of aromatic nitrogens is 1. The largest absolute Gasteiger partial charge is 0.476 e. The van der Waals surface area contributed by atoms with Gasteiger partial charge in [-0.3, -0.25) is 4.79 Å². The van der Waals surface area contributed by atoms with Crippen molar-refractivity contribution >= 4 is 18.0 Å². The fourth-order valence-corrected chi connectivity index (χ4v) is 4.46. The summed E-state index contributed by atoms with van der Waals surface area (Å²) >= 11 is 0. The van der Waals surface area contributed by atoms with Gasteiger partial charge in [-0.05, 0) is 34.6 Å². The number of carbonyl (C=O) groups excluding carboxylic acids is 2. The molecule has 0 bridgehead atoms. The Morgan fingerprint density at radius 1 is 1.03 bits per heavy atom. The van der Waals surface area contributed by atoms with Crippen LogP contribution in [-0.2, 0) is 16.1 Å². The number of alkyl carbamates (subject to hydrolysis) is 1. The summed E-state index contributed by atoms with van der Waals surface area (Å²) in [5, 5.41) is 17.7. The lowest BCUT2D eigenvalue weighted by Crippen LogP contribution is -2.30. The Morgan fingerprint density at radius 2 is 1.71 bits per heavy atom. The van der Waals surface area contributed by atoms with Crippen LogP contribution >= 0.6 is 0 Å². The molecule has 9 nitrogen and oxygen atoms in total. The number of carboxylic acids is 1. The molecule has 2 aliphatic carbocycles. The van der Waals surface area contributed by atoms with Crippen LogP contribution in [0.1, 0.15) is 39.7 Å². The first-order chi connectivity index (χ1) is 16.5. The molecule has 2 aliphatic rings. The predicted molar refractivity (Wildman–Crippen MR) is 120 cm³/mol. The van der Waals surface area contributed by atoms with E-state index in [0.29, 0.717) is 13.0 Å². The highest BCUT2D eigenvalue weighted by Gasteiger charge is 2.43. The van der Waals surface area contributed by atoms with E-state index in [0.717, 1.165) is 11.1 Å². The van der Waals surface area contributed by atoms with Crippen molar-refractivity contribution in [2.75, 3.05) is 13.2 Å². The molecule has 174 valence electrons. The third-order valence-electron chi connectivity index (χ3n) is 6.33. The molecule has 0 spiro atoms. The van der Waals surface area contributed by atoms with E-state index in [9.17, 15) is 14.4 Å². The lowest BCUT2D eigenvalue weighted by molar-refractivity contribution is -0.122. The van der Waals surface area contributed by atoms with Gasteiger partial charge in [0.2, 0.25) is 5.91 Å². The average molecular weight is 461 g/mol. The van der Waals surface area contributed by atoms with Gasteiger partial charge in [0.05, 0.1) is 6.54 Å². The van der Waals surface area contributed by atoms with Gasteiger partial charge in [-0.2, -0.15) is 0 Å². The van der Waals surface area contributed by atoms with Gasteiger partial charge < -0.3 is 25.0 Å². The van der Waals surface area contributed by atoms with Gasteiger partial charge in [0.25, 0.3) is 0 Å². The molecule has 0 aliphatic heterocycles. The molecule has 3 aromatic rings. The molecular formula is C25H23N3O6. The molecule has 1 aromatic heterocycles. The number of fused-ring (bicyclic) bond motifs is 3. The van der Waals surface area contributed by atoms with E-state index in [2.05, 4.69) is 40.1 Å². The van der Waals surface area contributed by atoms with Crippen molar-refractivity contribution in [3.8, 4) is 11.1 Å². The van der Waals surface area contributed by atoms with E-state index in [4.69, 9.17) is 14.4 Å². The average Bonchev–Trinajstić information content (AvgIpc) is 3.34. The summed E-state index contributed by atoms with van der Waals surface area (Å²) in [4.78, 5) is 35.4. The molecule has 34 heavy (non-hydrogen) atoms. The van der Waals surface area contributed by atoms with Crippen molar-refractivity contribution in [3.05, 3.63) is 77.2 Å². The van der Waals surface area contributed by atoms with Crippen LogP contribution in [0.2, 0.25) is 0 Å². The molecule has 9 heteroatoms. The zero-order chi connectivity index (χ0) is 23.7. The number of hydrogen-bond acceptors (Lipinski definition) is 6. The Labute approximate surface area is 195 Å². The maximum absolute atomic E-state index is 12.3. The summed E-state index contributed by atoms with van der Waals surface area (Å²) in [6.07, 6.45) is 0.155. The number of rotatable bonds is 8. The number of hydrogen-bond donors (Lipinski definition) is 3. The molecule has 1 saturated carbocycles. The van der Waals surface area contributed by atoms with Crippen LogP contribution in [0.3, 0.4) is 0 Å². The summed E-state index contributed by atoms with van der Waals surface area (Å²) in [5.74, 6) is -1.29. The first-order valence-corrected chi connectivity index (χ1v) is 11.1. The van der Waals surface area contributed by atoms with Gasteiger partial charge in [0.1, 0.15) is 6.61 Å². The highest BCUT2D eigenvalue weighted by molar-refractivity contribution is 5.85. The third-order valence-corrected chi connectivity index (χ3v) is 6.33. The van der Waals surface area contributed by atoms with Crippen molar-refractivity contribution in [3.63, 3.8) is 0 Å². The first-order valence-electron chi connectivity index (χ1n) is 11.1. The van der Waals surface area contributed by atoms with E-state index in [1.165, 1.54) is 17.2 Å². The Kier molecular flexibility index (Phi) is 5.75. The fourth-order valence-electron chi connectivity index (χ4n) is 4.46. The number of carbonyl (C=O) groups is 3. The van der Waals surface area contributed by atoms with Crippen molar-refractivity contribution < 1.29 is 28.8 Å². The molecular weight excluding hydrogens is 438 g/mol. The zero-order valence-electron chi connectivity index (χ0n) is 18.2. The molecule has 2 atom stereocenters. The molecule has 1 fully saturated rings. The smallest absolute Gasteiger partial charge is 0.407 e. The van der Waals surface area contributed by atoms with Crippen molar-refractivity contribution in [2.45, 2.75) is 18.9 Å². The minimum absolute atomic E-state index is 0.00432. The monoisotopic (exact) mass is 461 g/mol. The fraction of sp³-hybridized carbons (Fsp3) is 0.280. The number of benzene rings is 2. The normalized spacial score (nSPS) is 18.0. The van der Waals surface area contributed by atoms with Crippen LogP contribution in [0.4, 0.5) is 4.79 Å². The summed E-state index contributed by atoms with van der Waals surface area (Å²) in [6, 6.07) is 17.6. The quantitative estimate of drug-likeness (QED) is 0.470. The Bertz CT molecular complexity index is 1210. The lowest BCUT2D eigenvalue weighted by Gasteiger charge is -2.14. The Morgan fingerprint density at radius 3 is 2.35 bits per heavy atom. The standard InChI is InChI=1S/C25H23N3O6/c29-23(26-12-15-10-22(24(30)31)28-34-15)20-9-14(20)11-27-25(32)33-13-21-18-7-3-1-5-16(18)17-6-2-4-8-19(17)21/h1-8,10,14,20-21H,9,11-13H2,(H,26,29)(H,27,32)(H,30,31). The van der Waals surface area contributed by atoms with Crippen molar-refractivity contribution in [1.29, 1.82) is 0 Å². The second-order valence-electron chi connectivity index (χ2n) is 8.51. The van der Waals surface area contributed by atoms with Gasteiger partial charge in [-0.1, -0.05) is 53.7 Å². The lowest BCUT2D eigenvalue weighted by atomic mass is 9.98. The van der Waals surface area contributed by atoms with Crippen LogP contribution in [0.5, 0.6) is 0 Å². The number of nitrogens with zero attached hydrogens (tertiary/aromatic N) is 1. The number of nitrogens with one attached hydrogen (secondary N) is 2. The second kappa shape index (κ2) is 9.01. The van der Waals surface area contributed by atoms with E-state index in [-0.39, 0.29) is 48.3 Å². The first kappa shape index (κ1) is 21.7. The van der Waals surface area contributed by atoms with Crippen molar-refractivity contribution in [2.24, 2.45) is 11.8 Å². The van der Waals surface area contributed by atoms with E-state index in [1.54, 1.807) is 0 Å². The van der Waals surface area contributed by atoms with Gasteiger partial charge >= 0.3 is 12.1 Å². The van der Waals surface area contributed by atoms with Crippen LogP contribution in [0.25, 0.3) is 11.1 Å². The van der Waals surface area contributed by atoms with Gasteiger partial charge in [-0.25, -0.2) is 9.59 Å². The maximum Gasteiger partial charge on any atom is 0.407 e. The van der Waals surface area contributed by atoms with Crippen LogP contribution < -0.4 is 10.6 Å². The number of aromatic carboxylic acids is 1. The van der Waals surface area contributed by atoms with Gasteiger partial charge in [-0.15, -0.1) is 0 Å². The minimum atomic E-state index is -1.19. The maximum atomic E-state index is 12.3. The summed E-state index contributed by atoms with van der Waals surface area (Å²) in [6.45, 7) is 0.645. The number of carboxylic acid groups (broad SMARTS) is 1. The highest BCUT2D eigenvalue weighted by atomic mass is 16.5. The molecule has 5 rings (SSSR count). The summed E-state index contributed by atoms with van der Waals surface area (Å²) in [5.41, 5.74) is 4.43. The summed E-state index contributed by atoms with van der Waals surface area (Å²) in [7, 11) is 0. The number of ether oxygens (including phenoxy) is 1. The molecule has 0 radical (unpaired) electrons. The van der Waals surface area contributed by atoms with Gasteiger partial charge in [0, 0.05) is 24.4 Å². The van der Waals surface area contributed by atoms with E-state index >= 15 is 0 Å². The highest BCUT2D eigenvalue weighted by Crippen LogP contribution is 2.44. The SMILES string of the molecule is O=C(NCC1CC1C(=O)NCc1cc(C(=O)O)no1)OCC1c2ccccc2-c2ccccc21. The predicted octanol–water partition coefficient (Wildman–Crippen LogP) is 3.16. The van der Waals surface area contributed by atoms with Gasteiger partial charge in [0.15, 0.2) is 11.5 Å². The molecule has 1 heterocycles. The molecule has 2 unspecified atom stereocenters. The molecule has 0 saturated heterocycles. The number of amides is 2. The zero-order valence-corrected chi connectivity index (χ0v) is 18.2.